The highest BCUT2D eigenvalue weighted by Crippen LogP contribution is 2.41. The average molecular weight is 509 g/mol. The summed E-state index contributed by atoms with van der Waals surface area (Å²) in [6, 6.07) is 40.4. The van der Waals surface area contributed by atoms with Crippen molar-refractivity contribution in [3.63, 3.8) is 0 Å². The van der Waals surface area contributed by atoms with Gasteiger partial charge in [0.25, 0.3) is 0 Å². The molecule has 0 spiro atoms. The Balaban J connectivity index is 1.24. The van der Waals surface area contributed by atoms with Crippen molar-refractivity contribution in [1.29, 1.82) is 0 Å². The summed E-state index contributed by atoms with van der Waals surface area (Å²) in [5, 5.41) is 9.17. The zero-order valence-corrected chi connectivity index (χ0v) is 22.7. The fourth-order valence-corrected chi connectivity index (χ4v) is 6.90. The van der Waals surface area contributed by atoms with E-state index in [1.165, 1.54) is 80.6 Å². The zero-order valence-electron chi connectivity index (χ0n) is 22.7. The Morgan fingerprint density at radius 3 is 2.49 bits per heavy atom. The molecule has 5 aromatic carbocycles. The molecule has 1 fully saturated rings. The molecule has 2 heteroatoms. The van der Waals surface area contributed by atoms with Crippen molar-refractivity contribution >= 4 is 32.6 Å². The molecule has 1 aromatic heterocycles. The summed E-state index contributed by atoms with van der Waals surface area (Å²) in [7, 11) is 0. The van der Waals surface area contributed by atoms with Crippen molar-refractivity contribution < 1.29 is 0 Å². The summed E-state index contributed by atoms with van der Waals surface area (Å²) in [5.74, 6) is 1.37. The predicted molar refractivity (Wildman–Crippen MR) is 166 cm³/mol. The fourth-order valence-electron chi connectivity index (χ4n) is 6.90. The van der Waals surface area contributed by atoms with Crippen LogP contribution in [0, 0.1) is 12.8 Å². The second-order valence-corrected chi connectivity index (χ2v) is 11.5. The minimum absolute atomic E-state index is 0.632. The second kappa shape index (κ2) is 10.4. The maximum atomic E-state index is 3.74. The zero-order chi connectivity index (χ0) is 26.2. The third-order valence-corrected chi connectivity index (χ3v) is 8.80. The first kappa shape index (κ1) is 24.2. The van der Waals surface area contributed by atoms with Crippen LogP contribution >= 0.6 is 0 Å². The highest BCUT2D eigenvalue weighted by Gasteiger charge is 2.24. The quantitative estimate of drug-likeness (QED) is 0.237. The van der Waals surface area contributed by atoms with Gasteiger partial charge in [-0.15, -0.1) is 0 Å². The van der Waals surface area contributed by atoms with Gasteiger partial charge in [-0.25, -0.2) is 0 Å². The molecule has 2 nitrogen and oxygen atoms in total. The van der Waals surface area contributed by atoms with E-state index in [1.54, 1.807) is 0 Å². The van der Waals surface area contributed by atoms with E-state index in [-0.39, 0.29) is 0 Å². The summed E-state index contributed by atoms with van der Waals surface area (Å²) >= 11 is 0. The highest BCUT2D eigenvalue weighted by atomic mass is 15.0. The maximum Gasteiger partial charge on any atom is 0.0547 e. The van der Waals surface area contributed by atoms with Crippen molar-refractivity contribution in [2.45, 2.75) is 45.1 Å². The summed E-state index contributed by atoms with van der Waals surface area (Å²) in [6.07, 6.45) is 5.22. The van der Waals surface area contributed by atoms with Gasteiger partial charge in [-0.05, 0) is 96.3 Å². The van der Waals surface area contributed by atoms with Gasteiger partial charge < -0.3 is 9.88 Å². The van der Waals surface area contributed by atoms with Crippen LogP contribution in [0.1, 0.15) is 48.3 Å². The van der Waals surface area contributed by atoms with Crippen molar-refractivity contribution in [3.8, 4) is 5.69 Å². The Bertz CT molecular complexity index is 1760. The number of nitrogens with zero attached hydrogens (tertiary/aromatic N) is 1. The Morgan fingerprint density at radius 2 is 1.59 bits per heavy atom. The molecule has 0 amide bonds. The van der Waals surface area contributed by atoms with Crippen molar-refractivity contribution in [2.24, 2.45) is 5.92 Å². The van der Waals surface area contributed by atoms with Crippen LogP contribution in [0.5, 0.6) is 0 Å². The Hall–Kier alpha value is -3.88. The Labute approximate surface area is 231 Å². The van der Waals surface area contributed by atoms with Crippen LogP contribution in [0.25, 0.3) is 38.3 Å². The number of aromatic nitrogens is 1. The van der Waals surface area contributed by atoms with Crippen molar-refractivity contribution in [2.75, 3.05) is 6.54 Å². The number of benzene rings is 5. The smallest absolute Gasteiger partial charge is 0.0547 e. The highest BCUT2D eigenvalue weighted by molar-refractivity contribution is 6.21. The van der Waals surface area contributed by atoms with Gasteiger partial charge in [-0.2, -0.15) is 0 Å². The normalized spacial score (nSPS) is 17.8. The van der Waals surface area contributed by atoms with Gasteiger partial charge in [0, 0.05) is 23.0 Å². The van der Waals surface area contributed by atoms with Crippen LogP contribution in [-0.2, 0) is 6.54 Å². The molecule has 1 heterocycles. The minimum atomic E-state index is 0.632. The number of aryl methyl sites for hydroxylation is 1. The molecule has 6 aromatic rings. The molecular formula is C37H36N2. The number of fused-ring (bicyclic) bond motifs is 5. The molecule has 0 radical (unpaired) electrons. The van der Waals surface area contributed by atoms with Crippen LogP contribution < -0.4 is 5.32 Å². The molecule has 39 heavy (non-hydrogen) atoms. The van der Waals surface area contributed by atoms with Crippen LogP contribution in [0.2, 0.25) is 0 Å². The van der Waals surface area contributed by atoms with Crippen molar-refractivity contribution in [3.05, 3.63) is 126 Å². The molecule has 2 unspecified atom stereocenters. The number of hydrogen-bond acceptors (Lipinski definition) is 1. The fraction of sp³-hybridized carbons (Fsp3) is 0.243. The summed E-state index contributed by atoms with van der Waals surface area (Å²) in [6.45, 7) is 4.24. The third-order valence-electron chi connectivity index (χ3n) is 8.80. The molecule has 0 bridgehead atoms. The molecular weight excluding hydrogens is 472 g/mol. The van der Waals surface area contributed by atoms with Gasteiger partial charge in [0.1, 0.15) is 0 Å². The summed E-state index contributed by atoms with van der Waals surface area (Å²) < 4.78 is 2.44. The lowest BCUT2D eigenvalue weighted by molar-refractivity contribution is 0.310. The van der Waals surface area contributed by atoms with E-state index in [1.807, 2.05) is 0 Å². The molecule has 1 saturated carbocycles. The van der Waals surface area contributed by atoms with Gasteiger partial charge in [-0.3, -0.25) is 0 Å². The number of para-hydroxylation sites is 1. The van der Waals surface area contributed by atoms with E-state index in [9.17, 15) is 0 Å². The summed E-state index contributed by atoms with van der Waals surface area (Å²) in [4.78, 5) is 0. The van der Waals surface area contributed by atoms with Gasteiger partial charge in [0.2, 0.25) is 0 Å². The first-order chi connectivity index (χ1) is 19.2. The molecule has 0 saturated heterocycles. The van der Waals surface area contributed by atoms with Gasteiger partial charge in [0.05, 0.1) is 11.0 Å². The minimum Gasteiger partial charge on any atom is -0.312 e. The van der Waals surface area contributed by atoms with E-state index in [4.69, 9.17) is 0 Å². The lowest BCUT2D eigenvalue weighted by Gasteiger charge is -2.30. The second-order valence-electron chi connectivity index (χ2n) is 11.5. The SMILES string of the molecule is Cc1cccc(-n2c3ccccc3c3c4cc(C5CCCC(CNCc6ccccc6)C5)ccc4ccc32)c1. The van der Waals surface area contributed by atoms with E-state index in [0.717, 1.165) is 19.0 Å². The van der Waals surface area contributed by atoms with Gasteiger partial charge >= 0.3 is 0 Å². The molecule has 1 N–H and O–H groups in total. The standard InChI is InChI=1S/C37H36N2/c1-26-9-7-14-32(21-26)39-35-16-6-5-15-33(35)37-34-23-31(18-17-29(34)19-20-36(37)39)30-13-8-12-28(22-30)25-38-24-27-10-3-2-4-11-27/h2-7,9-11,14-21,23,28,30,38H,8,12-13,22,24-25H2,1H3. The average Bonchev–Trinajstić information content (AvgIpc) is 3.32. The Morgan fingerprint density at radius 1 is 0.744 bits per heavy atom. The van der Waals surface area contributed by atoms with E-state index >= 15 is 0 Å². The van der Waals surface area contributed by atoms with Crippen LogP contribution in [-0.4, -0.2) is 11.1 Å². The van der Waals surface area contributed by atoms with Crippen LogP contribution in [0.4, 0.5) is 0 Å². The van der Waals surface area contributed by atoms with E-state index in [0.29, 0.717) is 5.92 Å². The molecule has 0 aliphatic heterocycles. The third kappa shape index (κ3) is 4.64. The topological polar surface area (TPSA) is 17.0 Å². The lowest BCUT2D eigenvalue weighted by Crippen LogP contribution is -2.26. The molecule has 1 aliphatic carbocycles. The number of hydrogen-bond donors (Lipinski definition) is 1. The van der Waals surface area contributed by atoms with Crippen LogP contribution in [0.15, 0.2) is 109 Å². The summed E-state index contributed by atoms with van der Waals surface area (Å²) in [5.41, 5.74) is 7.96. The maximum absolute atomic E-state index is 3.74. The molecule has 1 aliphatic rings. The van der Waals surface area contributed by atoms with Crippen LogP contribution in [0.3, 0.4) is 0 Å². The van der Waals surface area contributed by atoms with Crippen molar-refractivity contribution in [1.82, 2.24) is 9.88 Å². The number of nitrogens with one attached hydrogen (secondary N) is 1. The van der Waals surface area contributed by atoms with E-state index < -0.39 is 0 Å². The first-order valence-electron chi connectivity index (χ1n) is 14.5. The largest absolute Gasteiger partial charge is 0.312 e. The first-order valence-corrected chi connectivity index (χ1v) is 14.5. The monoisotopic (exact) mass is 508 g/mol. The number of rotatable bonds is 6. The van der Waals surface area contributed by atoms with Gasteiger partial charge in [0.15, 0.2) is 0 Å². The molecule has 7 rings (SSSR count). The van der Waals surface area contributed by atoms with E-state index in [2.05, 4.69) is 126 Å². The molecule has 2 atom stereocenters. The van der Waals surface area contributed by atoms with Gasteiger partial charge in [-0.1, -0.05) is 91.3 Å². The molecule has 194 valence electrons. The Kier molecular flexibility index (Phi) is 6.42. The predicted octanol–water partition coefficient (Wildman–Crippen LogP) is 9.31. The lowest BCUT2D eigenvalue weighted by atomic mass is 9.77.